The quantitative estimate of drug-likeness (QED) is 0.866. The maximum absolute atomic E-state index is 12.3. The van der Waals surface area contributed by atoms with E-state index in [1.807, 2.05) is 22.4 Å². The number of urea groups is 1. The van der Waals surface area contributed by atoms with Crippen LogP contribution in [0.25, 0.3) is 0 Å². The average molecular weight is 311 g/mol. The molecule has 2 rings (SSSR count). The van der Waals surface area contributed by atoms with Crippen molar-refractivity contribution in [2.24, 2.45) is 0 Å². The lowest BCUT2D eigenvalue weighted by Crippen LogP contribution is -2.53. The van der Waals surface area contributed by atoms with Gasteiger partial charge in [0.25, 0.3) is 0 Å². The summed E-state index contributed by atoms with van der Waals surface area (Å²) in [6.07, 6.45) is 0.852. The van der Waals surface area contributed by atoms with Crippen molar-refractivity contribution < 1.29 is 14.7 Å². The van der Waals surface area contributed by atoms with Crippen LogP contribution in [-0.2, 0) is 4.79 Å². The summed E-state index contributed by atoms with van der Waals surface area (Å²) >= 11 is 1.64. The van der Waals surface area contributed by atoms with E-state index < -0.39 is 5.97 Å². The number of nitrogens with zero attached hydrogens (tertiary/aromatic N) is 2. The largest absolute Gasteiger partial charge is 0.480 e. The highest BCUT2D eigenvalue weighted by Crippen LogP contribution is 2.21. The number of carboxylic acid groups (broad SMARTS) is 1. The number of nitrogens with one attached hydrogen (secondary N) is 1. The molecular weight excluding hydrogens is 290 g/mol. The van der Waals surface area contributed by atoms with Crippen molar-refractivity contribution >= 4 is 23.3 Å². The van der Waals surface area contributed by atoms with Gasteiger partial charge in [-0.15, -0.1) is 11.3 Å². The van der Waals surface area contributed by atoms with E-state index in [-0.39, 0.29) is 18.6 Å². The second kappa shape index (κ2) is 7.42. The Morgan fingerprint density at radius 2 is 2.10 bits per heavy atom. The third-order valence-corrected chi connectivity index (χ3v) is 4.60. The Morgan fingerprint density at radius 3 is 2.62 bits per heavy atom. The predicted octanol–water partition coefficient (Wildman–Crippen LogP) is 1.61. The van der Waals surface area contributed by atoms with Crippen LogP contribution in [0.2, 0.25) is 0 Å². The maximum Gasteiger partial charge on any atom is 0.317 e. The maximum atomic E-state index is 12.3. The summed E-state index contributed by atoms with van der Waals surface area (Å²) in [6.45, 7) is 4.45. The molecule has 0 bridgehead atoms. The predicted molar refractivity (Wildman–Crippen MR) is 81.5 cm³/mol. The Hall–Kier alpha value is -1.60. The monoisotopic (exact) mass is 311 g/mol. The Kier molecular flexibility index (Phi) is 5.58. The fourth-order valence-electron chi connectivity index (χ4n) is 2.40. The summed E-state index contributed by atoms with van der Waals surface area (Å²) in [6, 6.07) is 4.00. The molecule has 7 heteroatoms. The van der Waals surface area contributed by atoms with Crippen molar-refractivity contribution in [1.82, 2.24) is 15.1 Å². The van der Waals surface area contributed by atoms with Gasteiger partial charge in [0, 0.05) is 31.1 Å². The first-order chi connectivity index (χ1) is 10.1. The van der Waals surface area contributed by atoms with Crippen molar-refractivity contribution in [3.8, 4) is 0 Å². The van der Waals surface area contributed by atoms with Gasteiger partial charge in [-0.25, -0.2) is 4.79 Å². The SMILES string of the molecule is CCC(NC(=O)N1CCN(CC(=O)O)CC1)c1cccs1. The van der Waals surface area contributed by atoms with Crippen molar-refractivity contribution in [2.45, 2.75) is 19.4 Å². The van der Waals surface area contributed by atoms with E-state index in [1.54, 1.807) is 16.2 Å². The number of hydrogen-bond acceptors (Lipinski definition) is 4. The topological polar surface area (TPSA) is 72.9 Å². The fraction of sp³-hybridized carbons (Fsp3) is 0.571. The number of thiophene rings is 1. The molecule has 1 atom stereocenters. The molecular formula is C14H21N3O3S. The van der Waals surface area contributed by atoms with Gasteiger partial charge >= 0.3 is 12.0 Å². The summed E-state index contributed by atoms with van der Waals surface area (Å²) in [4.78, 5) is 27.7. The number of amides is 2. The molecule has 116 valence electrons. The molecule has 1 aliphatic heterocycles. The van der Waals surface area contributed by atoms with Gasteiger partial charge < -0.3 is 15.3 Å². The van der Waals surface area contributed by atoms with Crippen LogP contribution in [-0.4, -0.2) is 59.6 Å². The minimum atomic E-state index is -0.823. The molecule has 1 saturated heterocycles. The van der Waals surface area contributed by atoms with Crippen LogP contribution in [0.5, 0.6) is 0 Å². The zero-order valence-corrected chi connectivity index (χ0v) is 12.9. The molecule has 1 unspecified atom stereocenters. The molecule has 0 aromatic carbocycles. The summed E-state index contributed by atoms with van der Waals surface area (Å²) in [7, 11) is 0. The van der Waals surface area contributed by atoms with Gasteiger partial charge in [0.05, 0.1) is 12.6 Å². The Bertz CT molecular complexity index is 470. The summed E-state index contributed by atoms with van der Waals surface area (Å²) in [5.41, 5.74) is 0. The van der Waals surface area contributed by atoms with Crippen LogP contribution < -0.4 is 5.32 Å². The summed E-state index contributed by atoms with van der Waals surface area (Å²) < 4.78 is 0. The van der Waals surface area contributed by atoms with Crippen molar-refractivity contribution in [3.63, 3.8) is 0 Å². The molecule has 1 aliphatic rings. The highest BCUT2D eigenvalue weighted by atomic mass is 32.1. The minimum absolute atomic E-state index is 0.0439. The molecule has 0 aliphatic carbocycles. The number of piperazine rings is 1. The lowest BCUT2D eigenvalue weighted by Gasteiger charge is -2.34. The number of rotatable bonds is 5. The number of carbonyl (C=O) groups excluding carboxylic acids is 1. The van der Waals surface area contributed by atoms with E-state index in [0.717, 1.165) is 11.3 Å². The Morgan fingerprint density at radius 1 is 1.38 bits per heavy atom. The molecule has 1 aromatic rings. The summed E-state index contributed by atoms with van der Waals surface area (Å²) in [5.74, 6) is -0.823. The van der Waals surface area contributed by atoms with Gasteiger partial charge in [-0.05, 0) is 17.9 Å². The first kappa shape index (κ1) is 15.8. The third-order valence-electron chi connectivity index (χ3n) is 3.61. The second-order valence-electron chi connectivity index (χ2n) is 5.08. The van der Waals surface area contributed by atoms with E-state index >= 15 is 0 Å². The molecule has 0 spiro atoms. The zero-order valence-electron chi connectivity index (χ0n) is 12.1. The first-order valence-electron chi connectivity index (χ1n) is 7.13. The van der Waals surface area contributed by atoms with Gasteiger partial charge in [0.15, 0.2) is 0 Å². The van der Waals surface area contributed by atoms with E-state index in [2.05, 4.69) is 12.2 Å². The van der Waals surface area contributed by atoms with Crippen molar-refractivity contribution in [3.05, 3.63) is 22.4 Å². The van der Waals surface area contributed by atoms with Gasteiger partial charge in [-0.2, -0.15) is 0 Å². The number of aliphatic carboxylic acids is 1. The summed E-state index contributed by atoms with van der Waals surface area (Å²) in [5, 5.41) is 13.8. The zero-order chi connectivity index (χ0) is 15.2. The van der Waals surface area contributed by atoms with Crippen LogP contribution in [0.3, 0.4) is 0 Å². The van der Waals surface area contributed by atoms with Crippen LogP contribution >= 0.6 is 11.3 Å². The number of carbonyl (C=O) groups is 2. The molecule has 2 heterocycles. The van der Waals surface area contributed by atoms with Crippen molar-refractivity contribution in [1.29, 1.82) is 0 Å². The fourth-order valence-corrected chi connectivity index (χ4v) is 3.27. The molecule has 1 aromatic heterocycles. The molecule has 2 amide bonds. The first-order valence-corrected chi connectivity index (χ1v) is 8.01. The van der Waals surface area contributed by atoms with Crippen LogP contribution in [0.15, 0.2) is 17.5 Å². The molecule has 6 nitrogen and oxygen atoms in total. The highest BCUT2D eigenvalue weighted by molar-refractivity contribution is 7.10. The molecule has 1 fully saturated rings. The minimum Gasteiger partial charge on any atom is -0.480 e. The van der Waals surface area contributed by atoms with Crippen LogP contribution in [0, 0.1) is 0 Å². The van der Waals surface area contributed by atoms with E-state index in [4.69, 9.17) is 5.11 Å². The van der Waals surface area contributed by atoms with E-state index in [9.17, 15) is 9.59 Å². The number of carboxylic acids is 1. The lowest BCUT2D eigenvalue weighted by atomic mass is 10.2. The van der Waals surface area contributed by atoms with Crippen molar-refractivity contribution in [2.75, 3.05) is 32.7 Å². The Balaban J connectivity index is 1.83. The third kappa shape index (κ3) is 4.44. The standard InChI is InChI=1S/C14H21N3O3S/c1-2-11(12-4-3-9-21-12)15-14(20)17-7-5-16(6-8-17)10-13(18)19/h3-4,9,11H,2,5-8,10H2,1H3,(H,15,20)(H,18,19). The van der Waals surface area contributed by atoms with E-state index in [1.165, 1.54) is 0 Å². The van der Waals surface area contributed by atoms with E-state index in [0.29, 0.717) is 26.2 Å². The van der Waals surface area contributed by atoms with Gasteiger partial charge in [-0.1, -0.05) is 13.0 Å². The van der Waals surface area contributed by atoms with Crippen LogP contribution in [0.4, 0.5) is 4.79 Å². The lowest BCUT2D eigenvalue weighted by molar-refractivity contribution is -0.138. The van der Waals surface area contributed by atoms with Gasteiger partial charge in [0.2, 0.25) is 0 Å². The highest BCUT2D eigenvalue weighted by Gasteiger charge is 2.24. The molecule has 0 radical (unpaired) electrons. The van der Waals surface area contributed by atoms with Gasteiger partial charge in [0.1, 0.15) is 0 Å². The Labute approximate surface area is 128 Å². The van der Waals surface area contributed by atoms with Gasteiger partial charge in [-0.3, -0.25) is 9.69 Å². The number of hydrogen-bond donors (Lipinski definition) is 2. The average Bonchev–Trinajstić information content (AvgIpc) is 2.98. The normalized spacial score (nSPS) is 17.5. The molecule has 0 saturated carbocycles. The molecule has 2 N–H and O–H groups in total. The van der Waals surface area contributed by atoms with Crippen LogP contribution in [0.1, 0.15) is 24.3 Å². The second-order valence-corrected chi connectivity index (χ2v) is 6.06. The molecule has 21 heavy (non-hydrogen) atoms. The smallest absolute Gasteiger partial charge is 0.317 e.